The molecule has 1 heterocycles. The third-order valence-electron chi connectivity index (χ3n) is 4.08. The molecule has 2 N–H and O–H groups in total. The number of benzene rings is 1. The number of nitrogens with zero attached hydrogens (tertiary/aromatic N) is 2. The van der Waals surface area contributed by atoms with Gasteiger partial charge in [-0.25, -0.2) is 9.98 Å². The third kappa shape index (κ3) is 7.81. The number of nitrogens with one attached hydrogen (secondary N) is 2. The van der Waals surface area contributed by atoms with E-state index >= 15 is 0 Å². The summed E-state index contributed by atoms with van der Waals surface area (Å²) < 4.78 is 16.3. The molecule has 0 atom stereocenters. The first kappa shape index (κ1) is 22.8. The highest BCUT2D eigenvalue weighted by Crippen LogP contribution is 2.27. The molecule has 7 nitrogen and oxygen atoms in total. The summed E-state index contributed by atoms with van der Waals surface area (Å²) in [4.78, 5) is 9.25. The molecule has 29 heavy (non-hydrogen) atoms. The van der Waals surface area contributed by atoms with Gasteiger partial charge in [-0.15, -0.1) is 11.3 Å². The fourth-order valence-corrected chi connectivity index (χ4v) is 3.36. The van der Waals surface area contributed by atoms with Crippen LogP contribution in [0.25, 0.3) is 0 Å². The minimum Gasteiger partial charge on any atom is -0.496 e. The van der Waals surface area contributed by atoms with Crippen LogP contribution in [0.3, 0.4) is 0 Å². The minimum atomic E-state index is 0.444. The topological polar surface area (TPSA) is 77.0 Å². The Kier molecular flexibility index (Phi) is 9.56. The molecule has 2 aromatic rings. The van der Waals surface area contributed by atoms with Gasteiger partial charge < -0.3 is 24.8 Å². The Balaban J connectivity index is 1.78. The first-order valence-corrected chi connectivity index (χ1v) is 10.8. The molecular weight excluding hydrogens is 388 g/mol. The molecule has 0 spiro atoms. The second kappa shape index (κ2) is 12.2. The van der Waals surface area contributed by atoms with Crippen molar-refractivity contribution >= 4 is 17.3 Å². The predicted octanol–water partition coefficient (Wildman–Crippen LogP) is 3.81. The Morgan fingerprint density at radius 3 is 2.38 bits per heavy atom. The number of methoxy groups -OCH3 is 2. The van der Waals surface area contributed by atoms with E-state index in [1.807, 2.05) is 18.2 Å². The summed E-state index contributed by atoms with van der Waals surface area (Å²) in [5, 5.41) is 9.74. The van der Waals surface area contributed by atoms with Crippen molar-refractivity contribution in [3.8, 4) is 17.2 Å². The van der Waals surface area contributed by atoms with E-state index in [1.165, 1.54) is 0 Å². The highest BCUT2D eigenvalue weighted by molar-refractivity contribution is 7.09. The van der Waals surface area contributed by atoms with Gasteiger partial charge in [-0.05, 0) is 19.3 Å². The van der Waals surface area contributed by atoms with Crippen molar-refractivity contribution in [2.24, 2.45) is 4.99 Å². The Hall–Kier alpha value is -2.48. The van der Waals surface area contributed by atoms with Crippen molar-refractivity contribution in [3.05, 3.63) is 34.3 Å². The van der Waals surface area contributed by atoms with E-state index in [2.05, 4.69) is 46.8 Å². The molecule has 0 saturated heterocycles. The normalized spacial score (nSPS) is 11.4. The van der Waals surface area contributed by atoms with Crippen LogP contribution in [0.15, 0.2) is 28.6 Å². The lowest BCUT2D eigenvalue weighted by molar-refractivity contribution is 0.305. The smallest absolute Gasteiger partial charge is 0.191 e. The minimum absolute atomic E-state index is 0.444. The first-order chi connectivity index (χ1) is 14.0. The number of ether oxygens (including phenoxy) is 3. The molecule has 0 aliphatic heterocycles. The van der Waals surface area contributed by atoms with Gasteiger partial charge in [0.25, 0.3) is 0 Å². The van der Waals surface area contributed by atoms with Crippen LogP contribution in [-0.2, 0) is 6.54 Å². The van der Waals surface area contributed by atoms with E-state index in [9.17, 15) is 0 Å². The molecule has 0 bridgehead atoms. The van der Waals surface area contributed by atoms with Crippen LogP contribution in [0.1, 0.15) is 43.8 Å². The van der Waals surface area contributed by atoms with Crippen LogP contribution in [0.4, 0.5) is 0 Å². The van der Waals surface area contributed by atoms with Gasteiger partial charge >= 0.3 is 0 Å². The fraction of sp³-hybridized carbons (Fsp3) is 0.524. The Morgan fingerprint density at radius 1 is 1.10 bits per heavy atom. The molecule has 0 unspecified atom stereocenters. The standard InChI is InChI=1S/C21H32N4O3S/c1-6-22-21(24-13-20-25-19(14-29-20)15(2)3)23-8-7-9-28-18-11-16(26-4)10-17(12-18)27-5/h10-12,14-15H,6-9,13H2,1-5H3,(H2,22,23,24). The van der Waals surface area contributed by atoms with Crippen LogP contribution < -0.4 is 24.8 Å². The number of rotatable bonds is 11. The van der Waals surface area contributed by atoms with Crippen LogP contribution in [0, 0.1) is 0 Å². The molecule has 0 aliphatic carbocycles. The highest BCUT2D eigenvalue weighted by atomic mass is 32.1. The Morgan fingerprint density at radius 2 is 1.79 bits per heavy atom. The van der Waals surface area contributed by atoms with Crippen LogP contribution in [0.2, 0.25) is 0 Å². The van der Waals surface area contributed by atoms with Gasteiger partial charge in [-0.2, -0.15) is 0 Å². The van der Waals surface area contributed by atoms with E-state index in [4.69, 9.17) is 14.2 Å². The van der Waals surface area contributed by atoms with Crippen molar-refractivity contribution in [2.45, 2.75) is 39.7 Å². The van der Waals surface area contributed by atoms with Crippen molar-refractivity contribution < 1.29 is 14.2 Å². The molecule has 0 fully saturated rings. The highest BCUT2D eigenvalue weighted by Gasteiger charge is 2.06. The van der Waals surface area contributed by atoms with Gasteiger partial charge in [0, 0.05) is 36.7 Å². The third-order valence-corrected chi connectivity index (χ3v) is 4.94. The van der Waals surface area contributed by atoms with Crippen molar-refractivity contribution in [1.29, 1.82) is 0 Å². The molecule has 1 aromatic heterocycles. The zero-order valence-corrected chi connectivity index (χ0v) is 18.8. The average molecular weight is 421 g/mol. The van der Waals surface area contributed by atoms with Crippen LogP contribution >= 0.6 is 11.3 Å². The van der Waals surface area contributed by atoms with E-state index in [0.29, 0.717) is 30.6 Å². The summed E-state index contributed by atoms with van der Waals surface area (Å²) in [7, 11) is 3.25. The zero-order chi connectivity index (χ0) is 21.1. The monoisotopic (exact) mass is 420 g/mol. The lowest BCUT2D eigenvalue weighted by atomic mass is 10.2. The van der Waals surface area contributed by atoms with Crippen molar-refractivity contribution in [2.75, 3.05) is 33.9 Å². The lowest BCUT2D eigenvalue weighted by Gasteiger charge is -2.12. The number of thiazole rings is 1. The molecule has 0 saturated carbocycles. The van der Waals surface area contributed by atoms with E-state index in [-0.39, 0.29) is 0 Å². The maximum atomic E-state index is 5.82. The molecule has 1 aromatic carbocycles. The van der Waals surface area contributed by atoms with Gasteiger partial charge in [0.1, 0.15) is 22.3 Å². The maximum Gasteiger partial charge on any atom is 0.191 e. The molecule has 160 valence electrons. The van der Waals surface area contributed by atoms with Gasteiger partial charge in [-0.3, -0.25) is 0 Å². The predicted molar refractivity (Wildman–Crippen MR) is 119 cm³/mol. The molecule has 2 rings (SSSR count). The molecular formula is C21H32N4O3S. The second-order valence-corrected chi connectivity index (χ2v) is 7.64. The quantitative estimate of drug-likeness (QED) is 0.327. The first-order valence-electron chi connectivity index (χ1n) is 9.88. The van der Waals surface area contributed by atoms with E-state index in [0.717, 1.165) is 41.9 Å². The summed E-state index contributed by atoms with van der Waals surface area (Å²) in [5.41, 5.74) is 1.13. The second-order valence-electron chi connectivity index (χ2n) is 6.69. The fourth-order valence-electron chi connectivity index (χ4n) is 2.48. The Labute approximate surface area is 177 Å². The summed E-state index contributed by atoms with van der Waals surface area (Å²) >= 11 is 1.66. The molecule has 8 heteroatoms. The van der Waals surface area contributed by atoms with E-state index in [1.54, 1.807) is 25.6 Å². The van der Waals surface area contributed by atoms with E-state index < -0.39 is 0 Å². The zero-order valence-electron chi connectivity index (χ0n) is 17.9. The van der Waals surface area contributed by atoms with Crippen LogP contribution in [0.5, 0.6) is 17.2 Å². The number of hydrogen-bond acceptors (Lipinski definition) is 6. The number of hydrogen-bond donors (Lipinski definition) is 2. The van der Waals surface area contributed by atoms with Gasteiger partial charge in [0.2, 0.25) is 0 Å². The number of aliphatic imine (C=N–C) groups is 1. The van der Waals surface area contributed by atoms with Crippen molar-refractivity contribution in [1.82, 2.24) is 15.6 Å². The van der Waals surface area contributed by atoms with Gasteiger partial charge in [-0.1, -0.05) is 13.8 Å². The maximum absolute atomic E-state index is 5.82. The van der Waals surface area contributed by atoms with Gasteiger partial charge in [0.05, 0.1) is 33.1 Å². The molecule has 0 amide bonds. The summed E-state index contributed by atoms with van der Waals surface area (Å²) in [5.74, 6) is 3.38. The SMILES string of the molecule is CCNC(=NCc1nc(C(C)C)cs1)NCCCOc1cc(OC)cc(OC)c1. The largest absolute Gasteiger partial charge is 0.496 e. The van der Waals surface area contributed by atoms with Crippen molar-refractivity contribution in [3.63, 3.8) is 0 Å². The molecule has 0 radical (unpaired) electrons. The summed E-state index contributed by atoms with van der Waals surface area (Å²) in [6.45, 7) is 9.06. The summed E-state index contributed by atoms with van der Waals surface area (Å²) in [6.07, 6.45) is 0.832. The number of aromatic nitrogens is 1. The molecule has 0 aliphatic rings. The number of guanidine groups is 1. The lowest BCUT2D eigenvalue weighted by Crippen LogP contribution is -2.38. The van der Waals surface area contributed by atoms with Crippen LogP contribution in [-0.4, -0.2) is 44.9 Å². The Bertz CT molecular complexity index is 755. The average Bonchev–Trinajstić information content (AvgIpc) is 3.20. The summed E-state index contributed by atoms with van der Waals surface area (Å²) in [6, 6.07) is 5.52. The van der Waals surface area contributed by atoms with Gasteiger partial charge in [0.15, 0.2) is 5.96 Å².